The minimum Gasteiger partial charge on any atom is -0.491 e. The Bertz CT molecular complexity index is 507. The van der Waals surface area contributed by atoms with Crippen LogP contribution >= 0.6 is 0 Å². The number of carboxylic acid groups (broad SMARTS) is 1. The molecule has 138 valence electrons. The molecule has 0 amide bonds. The third-order valence-corrected chi connectivity index (χ3v) is 2.90. The molecule has 0 saturated heterocycles. The number of rotatable bonds is 15. The van der Waals surface area contributed by atoms with Gasteiger partial charge in [0.1, 0.15) is 19.0 Å². The molecule has 1 N–H and O–H groups in total. The van der Waals surface area contributed by atoms with Crippen LogP contribution in [-0.4, -0.2) is 70.5 Å². The summed E-state index contributed by atoms with van der Waals surface area (Å²) in [6, 6.07) is 6.22. The molecular formula is C18H24O7. The molecule has 1 aromatic rings. The van der Waals surface area contributed by atoms with Gasteiger partial charge in [-0.25, -0.2) is 4.79 Å². The smallest absolute Gasteiger partial charge is 0.335 e. The van der Waals surface area contributed by atoms with Gasteiger partial charge in [-0.3, -0.25) is 0 Å². The van der Waals surface area contributed by atoms with Gasteiger partial charge >= 0.3 is 5.97 Å². The lowest BCUT2D eigenvalue weighted by atomic mass is 10.2. The molecule has 7 heteroatoms. The predicted molar refractivity (Wildman–Crippen MR) is 91.0 cm³/mol. The van der Waals surface area contributed by atoms with Gasteiger partial charge in [0.05, 0.1) is 51.8 Å². The van der Waals surface area contributed by atoms with Gasteiger partial charge in [-0.2, -0.15) is 0 Å². The molecule has 0 radical (unpaired) electrons. The summed E-state index contributed by atoms with van der Waals surface area (Å²) in [7, 11) is 0. The van der Waals surface area contributed by atoms with Crippen LogP contribution in [0, 0.1) is 12.3 Å². The Labute approximate surface area is 147 Å². The predicted octanol–water partition coefficient (Wildman–Crippen LogP) is 1.46. The Morgan fingerprint density at radius 2 is 1.32 bits per heavy atom. The first-order valence-electron chi connectivity index (χ1n) is 7.94. The summed E-state index contributed by atoms with van der Waals surface area (Å²) in [6.07, 6.45) is 5.04. The number of terminal acetylenes is 1. The third kappa shape index (κ3) is 11.1. The monoisotopic (exact) mass is 352 g/mol. The summed E-state index contributed by atoms with van der Waals surface area (Å²) < 4.78 is 26.5. The van der Waals surface area contributed by atoms with E-state index < -0.39 is 5.97 Å². The summed E-state index contributed by atoms with van der Waals surface area (Å²) in [5.74, 6) is 2.02. The molecule has 0 heterocycles. The fraction of sp³-hybridized carbons (Fsp3) is 0.500. The van der Waals surface area contributed by atoms with Crippen molar-refractivity contribution in [2.45, 2.75) is 0 Å². The average Bonchev–Trinajstić information content (AvgIpc) is 2.62. The van der Waals surface area contributed by atoms with Crippen molar-refractivity contribution < 1.29 is 33.6 Å². The third-order valence-electron chi connectivity index (χ3n) is 2.90. The fourth-order valence-corrected chi connectivity index (χ4v) is 1.70. The van der Waals surface area contributed by atoms with Crippen LogP contribution in [0.15, 0.2) is 24.3 Å². The van der Waals surface area contributed by atoms with Crippen molar-refractivity contribution in [2.75, 3.05) is 59.5 Å². The highest BCUT2D eigenvalue weighted by molar-refractivity contribution is 5.87. The van der Waals surface area contributed by atoms with E-state index in [-0.39, 0.29) is 5.56 Å². The van der Waals surface area contributed by atoms with Gasteiger partial charge < -0.3 is 28.8 Å². The van der Waals surface area contributed by atoms with Crippen LogP contribution in [0.25, 0.3) is 0 Å². The molecule has 0 saturated carbocycles. The molecule has 25 heavy (non-hydrogen) atoms. The van der Waals surface area contributed by atoms with Crippen molar-refractivity contribution in [3.8, 4) is 18.1 Å². The zero-order valence-electron chi connectivity index (χ0n) is 14.1. The lowest BCUT2D eigenvalue weighted by Gasteiger charge is -2.08. The number of benzene rings is 1. The second-order valence-corrected chi connectivity index (χ2v) is 4.77. The van der Waals surface area contributed by atoms with Gasteiger partial charge in [-0.1, -0.05) is 5.92 Å². The maximum atomic E-state index is 10.7. The molecule has 0 fully saturated rings. The first-order valence-corrected chi connectivity index (χ1v) is 7.94. The number of ether oxygens (including phenoxy) is 5. The summed E-state index contributed by atoms with van der Waals surface area (Å²) in [4.78, 5) is 10.7. The summed E-state index contributed by atoms with van der Waals surface area (Å²) in [5, 5.41) is 8.79. The Balaban J connectivity index is 1.86. The lowest BCUT2D eigenvalue weighted by molar-refractivity contribution is -0.00187. The van der Waals surface area contributed by atoms with Crippen LogP contribution in [0.2, 0.25) is 0 Å². The van der Waals surface area contributed by atoms with Crippen LogP contribution < -0.4 is 4.74 Å². The van der Waals surface area contributed by atoms with Gasteiger partial charge in [0.25, 0.3) is 0 Å². The van der Waals surface area contributed by atoms with Crippen molar-refractivity contribution in [1.29, 1.82) is 0 Å². The Hall–Kier alpha value is -2.11. The van der Waals surface area contributed by atoms with Crippen LogP contribution in [0.5, 0.6) is 5.75 Å². The summed E-state index contributed by atoms with van der Waals surface area (Å²) >= 11 is 0. The van der Waals surface area contributed by atoms with Gasteiger partial charge in [0.2, 0.25) is 0 Å². The highest BCUT2D eigenvalue weighted by Gasteiger charge is 2.01. The van der Waals surface area contributed by atoms with Crippen LogP contribution in [0.4, 0.5) is 0 Å². The molecule has 0 spiro atoms. The van der Waals surface area contributed by atoms with Crippen LogP contribution in [0.3, 0.4) is 0 Å². The summed E-state index contributed by atoms with van der Waals surface area (Å²) in [6.45, 7) is 4.00. The van der Waals surface area contributed by atoms with Crippen molar-refractivity contribution in [3.05, 3.63) is 29.8 Å². The minimum atomic E-state index is -0.961. The summed E-state index contributed by atoms with van der Waals surface area (Å²) in [5.41, 5.74) is 0.227. The molecule has 0 bridgehead atoms. The Kier molecular flexibility index (Phi) is 11.9. The zero-order valence-corrected chi connectivity index (χ0v) is 14.1. The second-order valence-electron chi connectivity index (χ2n) is 4.77. The van der Waals surface area contributed by atoms with E-state index in [1.165, 1.54) is 12.1 Å². The van der Waals surface area contributed by atoms with Gasteiger partial charge in [-0.15, -0.1) is 6.42 Å². The van der Waals surface area contributed by atoms with Gasteiger partial charge in [-0.05, 0) is 24.3 Å². The van der Waals surface area contributed by atoms with E-state index in [9.17, 15) is 4.79 Å². The maximum absolute atomic E-state index is 10.7. The van der Waals surface area contributed by atoms with E-state index in [2.05, 4.69) is 5.92 Å². The van der Waals surface area contributed by atoms with E-state index in [0.29, 0.717) is 65.2 Å². The number of hydrogen-bond acceptors (Lipinski definition) is 6. The van der Waals surface area contributed by atoms with Crippen LogP contribution in [-0.2, 0) is 18.9 Å². The second kappa shape index (κ2) is 14.3. The zero-order chi connectivity index (χ0) is 18.2. The molecule has 1 rings (SSSR count). The van der Waals surface area contributed by atoms with Crippen molar-refractivity contribution in [3.63, 3.8) is 0 Å². The van der Waals surface area contributed by atoms with E-state index in [1.54, 1.807) is 12.1 Å². The highest BCUT2D eigenvalue weighted by atomic mass is 16.6. The standard InChI is InChI=1S/C18H24O7/c1-2-7-21-8-9-22-10-11-23-12-13-24-14-15-25-17-5-3-16(4-6-17)18(19)20/h1,3-6H,7-15H2,(H,19,20). The molecule has 0 aliphatic carbocycles. The fourth-order valence-electron chi connectivity index (χ4n) is 1.70. The van der Waals surface area contributed by atoms with E-state index in [0.717, 1.165) is 0 Å². The van der Waals surface area contributed by atoms with Crippen LogP contribution in [0.1, 0.15) is 10.4 Å². The van der Waals surface area contributed by atoms with Crippen molar-refractivity contribution in [1.82, 2.24) is 0 Å². The average molecular weight is 352 g/mol. The van der Waals surface area contributed by atoms with Gasteiger partial charge in [0, 0.05) is 0 Å². The molecule has 7 nitrogen and oxygen atoms in total. The molecular weight excluding hydrogens is 328 g/mol. The topological polar surface area (TPSA) is 83.5 Å². The normalized spacial score (nSPS) is 10.4. The number of aromatic carboxylic acids is 1. The van der Waals surface area contributed by atoms with E-state index in [1.807, 2.05) is 0 Å². The molecule has 0 aliphatic heterocycles. The highest BCUT2D eigenvalue weighted by Crippen LogP contribution is 2.11. The molecule has 0 aliphatic rings. The number of carbonyl (C=O) groups is 1. The van der Waals surface area contributed by atoms with Crippen molar-refractivity contribution >= 4 is 5.97 Å². The minimum absolute atomic E-state index is 0.227. The number of carboxylic acids is 1. The van der Waals surface area contributed by atoms with Crippen molar-refractivity contribution in [2.24, 2.45) is 0 Å². The molecule has 0 unspecified atom stereocenters. The lowest BCUT2D eigenvalue weighted by Crippen LogP contribution is -2.13. The largest absolute Gasteiger partial charge is 0.491 e. The maximum Gasteiger partial charge on any atom is 0.335 e. The Morgan fingerprint density at radius 1 is 0.840 bits per heavy atom. The van der Waals surface area contributed by atoms with E-state index >= 15 is 0 Å². The van der Waals surface area contributed by atoms with Gasteiger partial charge in [0.15, 0.2) is 0 Å². The first kappa shape index (κ1) is 20.9. The van der Waals surface area contributed by atoms with E-state index in [4.69, 9.17) is 35.2 Å². The first-order chi connectivity index (χ1) is 12.2. The SMILES string of the molecule is C#CCOCCOCCOCCOCCOc1ccc(C(=O)O)cc1. The molecule has 0 atom stereocenters. The number of hydrogen-bond donors (Lipinski definition) is 1. The Morgan fingerprint density at radius 3 is 1.80 bits per heavy atom. The quantitative estimate of drug-likeness (QED) is 0.378. The molecule has 0 aromatic heterocycles. The molecule has 1 aromatic carbocycles.